The maximum atomic E-state index is 13.6. The summed E-state index contributed by atoms with van der Waals surface area (Å²) in [7, 11) is 0. The maximum absolute atomic E-state index is 13.6. The predicted molar refractivity (Wildman–Crippen MR) is 131 cm³/mol. The van der Waals surface area contributed by atoms with E-state index in [4.69, 9.17) is 0 Å². The molecule has 1 heterocycles. The van der Waals surface area contributed by atoms with Gasteiger partial charge >= 0.3 is 6.18 Å². The Morgan fingerprint density at radius 3 is 2.29 bits per heavy atom. The second-order valence-electron chi connectivity index (χ2n) is 8.81. The highest BCUT2D eigenvalue weighted by atomic mass is 19.4. The van der Waals surface area contributed by atoms with Gasteiger partial charge in [-0.1, -0.05) is 18.2 Å². The fourth-order valence-corrected chi connectivity index (χ4v) is 4.17. The molecule has 0 aliphatic heterocycles. The summed E-state index contributed by atoms with van der Waals surface area (Å²) < 4.78 is 67.2. The van der Waals surface area contributed by atoms with Gasteiger partial charge in [0.1, 0.15) is 0 Å². The molecule has 1 aliphatic rings. The molecular formula is C26H25F5N6O. The highest BCUT2D eigenvalue weighted by molar-refractivity contribution is 6.05. The van der Waals surface area contributed by atoms with Crippen molar-refractivity contribution in [3.63, 3.8) is 0 Å². The summed E-state index contributed by atoms with van der Waals surface area (Å²) >= 11 is 0. The van der Waals surface area contributed by atoms with Crippen molar-refractivity contribution in [2.45, 2.75) is 50.5 Å². The summed E-state index contributed by atoms with van der Waals surface area (Å²) in [6.07, 6.45) is 1.54. The minimum absolute atomic E-state index is 0.0560. The summed E-state index contributed by atoms with van der Waals surface area (Å²) in [5.41, 5.74) is -1.06. The van der Waals surface area contributed by atoms with Gasteiger partial charge < -0.3 is 10.6 Å². The number of alkyl halides is 3. The lowest BCUT2D eigenvalue weighted by atomic mass is 9.91. The fourth-order valence-electron chi connectivity index (χ4n) is 4.17. The van der Waals surface area contributed by atoms with Crippen LogP contribution in [0.3, 0.4) is 0 Å². The molecular weight excluding hydrogens is 507 g/mol. The van der Waals surface area contributed by atoms with E-state index in [1.54, 1.807) is 18.5 Å². The molecule has 4 rings (SSSR count). The number of anilines is 1. The first kappa shape index (κ1) is 27.0. The molecule has 0 spiro atoms. The number of guanidine groups is 1. The van der Waals surface area contributed by atoms with Crippen LogP contribution in [-0.4, -0.2) is 33.9 Å². The van der Waals surface area contributed by atoms with E-state index in [1.807, 2.05) is 0 Å². The third-order valence-corrected chi connectivity index (χ3v) is 6.11. The fraction of sp³-hybridized carbons (Fsp3) is 0.308. The van der Waals surface area contributed by atoms with Crippen molar-refractivity contribution < 1.29 is 26.7 Å². The van der Waals surface area contributed by atoms with Gasteiger partial charge in [-0.3, -0.25) is 10.1 Å². The van der Waals surface area contributed by atoms with Gasteiger partial charge in [-0.05, 0) is 61.6 Å². The van der Waals surface area contributed by atoms with Crippen molar-refractivity contribution >= 4 is 17.8 Å². The van der Waals surface area contributed by atoms with Crippen LogP contribution in [0, 0.1) is 11.6 Å². The molecule has 1 fully saturated rings. The van der Waals surface area contributed by atoms with E-state index < -0.39 is 29.3 Å². The number of hydrogen-bond acceptors (Lipinski definition) is 5. The molecule has 200 valence electrons. The van der Waals surface area contributed by atoms with E-state index in [2.05, 4.69) is 30.9 Å². The van der Waals surface area contributed by atoms with Crippen LogP contribution in [0.4, 0.5) is 27.9 Å². The molecule has 0 bridgehead atoms. The Kier molecular flexibility index (Phi) is 8.49. The Balaban J connectivity index is 1.47. The van der Waals surface area contributed by atoms with Crippen LogP contribution in [0.5, 0.6) is 0 Å². The van der Waals surface area contributed by atoms with Gasteiger partial charge in [-0.15, -0.1) is 0 Å². The van der Waals surface area contributed by atoms with Crippen LogP contribution >= 0.6 is 0 Å². The summed E-state index contributed by atoms with van der Waals surface area (Å²) in [6.45, 7) is -0.363. The van der Waals surface area contributed by atoms with Crippen molar-refractivity contribution in [3.05, 3.63) is 89.2 Å². The topological polar surface area (TPSA) is 91.3 Å². The summed E-state index contributed by atoms with van der Waals surface area (Å²) in [4.78, 5) is 25.3. The van der Waals surface area contributed by atoms with Crippen LogP contribution in [-0.2, 0) is 12.7 Å². The van der Waals surface area contributed by atoms with Gasteiger partial charge in [0.15, 0.2) is 17.6 Å². The van der Waals surface area contributed by atoms with E-state index in [-0.39, 0.29) is 35.7 Å². The molecule has 0 radical (unpaired) electrons. The van der Waals surface area contributed by atoms with Crippen LogP contribution in [0.25, 0.3) is 0 Å². The smallest absolute Gasteiger partial charge is 0.353 e. The Morgan fingerprint density at radius 1 is 0.921 bits per heavy atom. The van der Waals surface area contributed by atoms with Crippen molar-refractivity contribution in [1.82, 2.24) is 20.6 Å². The zero-order chi connectivity index (χ0) is 27.1. The summed E-state index contributed by atoms with van der Waals surface area (Å²) in [5, 5.41) is 8.87. The SMILES string of the molecule is O=C(NC(=NCc1ccccc1C(F)(F)F)NC1CCC(Nc2ncccn2)CC1)c1ccc(F)c(F)c1. The number of nitrogens with one attached hydrogen (secondary N) is 3. The third kappa shape index (κ3) is 7.24. The molecule has 0 unspecified atom stereocenters. The second-order valence-corrected chi connectivity index (χ2v) is 8.81. The molecule has 7 nitrogen and oxygen atoms in total. The summed E-state index contributed by atoms with van der Waals surface area (Å²) in [6, 6.07) is 9.40. The van der Waals surface area contributed by atoms with Gasteiger partial charge in [0, 0.05) is 30.0 Å². The van der Waals surface area contributed by atoms with Crippen molar-refractivity contribution in [2.24, 2.45) is 4.99 Å². The van der Waals surface area contributed by atoms with Gasteiger partial charge in [0.25, 0.3) is 5.91 Å². The number of hydrogen-bond donors (Lipinski definition) is 3. The number of aromatic nitrogens is 2. The number of carbonyl (C=O) groups is 1. The van der Waals surface area contributed by atoms with Gasteiger partial charge in [-0.2, -0.15) is 13.2 Å². The molecule has 2 aromatic carbocycles. The highest BCUT2D eigenvalue weighted by Gasteiger charge is 2.33. The third-order valence-electron chi connectivity index (χ3n) is 6.11. The van der Waals surface area contributed by atoms with Gasteiger partial charge in [0.2, 0.25) is 5.95 Å². The highest BCUT2D eigenvalue weighted by Crippen LogP contribution is 2.32. The number of aliphatic imine (C=N–C) groups is 1. The van der Waals surface area contributed by atoms with Crippen LogP contribution < -0.4 is 16.0 Å². The first-order valence-corrected chi connectivity index (χ1v) is 11.9. The molecule has 0 saturated heterocycles. The van der Waals surface area contributed by atoms with Gasteiger partial charge in [0.05, 0.1) is 12.1 Å². The van der Waals surface area contributed by atoms with Crippen LogP contribution in [0.1, 0.15) is 47.2 Å². The van der Waals surface area contributed by atoms with E-state index in [0.717, 1.165) is 37.1 Å². The Hall–Kier alpha value is -4.09. The molecule has 3 N–H and O–H groups in total. The molecule has 38 heavy (non-hydrogen) atoms. The number of carbonyl (C=O) groups excluding carboxylic acids is 1. The largest absolute Gasteiger partial charge is 0.416 e. The monoisotopic (exact) mass is 532 g/mol. The van der Waals surface area contributed by atoms with Crippen LogP contribution in [0.2, 0.25) is 0 Å². The first-order chi connectivity index (χ1) is 18.2. The lowest BCUT2D eigenvalue weighted by Gasteiger charge is -2.30. The number of halogens is 5. The van der Waals surface area contributed by atoms with E-state index in [1.165, 1.54) is 18.2 Å². The Morgan fingerprint density at radius 2 is 1.61 bits per heavy atom. The summed E-state index contributed by atoms with van der Waals surface area (Å²) in [5.74, 6) is -2.62. The van der Waals surface area contributed by atoms with E-state index in [0.29, 0.717) is 18.8 Å². The van der Waals surface area contributed by atoms with Crippen molar-refractivity contribution in [1.29, 1.82) is 0 Å². The van der Waals surface area contributed by atoms with E-state index in [9.17, 15) is 26.7 Å². The lowest BCUT2D eigenvalue weighted by molar-refractivity contribution is -0.138. The molecule has 1 aromatic heterocycles. The second kappa shape index (κ2) is 12.0. The quantitative estimate of drug-likeness (QED) is 0.234. The van der Waals surface area contributed by atoms with E-state index >= 15 is 0 Å². The standard InChI is InChI=1S/C26H25F5N6O/c27-21-11-6-16(14-22(21)28)23(38)37-25(34-15-17-4-1-2-5-20(17)26(29,30)31)36-19-9-7-18(8-10-19)35-24-32-12-3-13-33-24/h1-6,11-14,18-19H,7-10,15H2,(H,32,33,35)(H2,34,36,37,38). The van der Waals surface area contributed by atoms with Crippen molar-refractivity contribution in [2.75, 3.05) is 5.32 Å². The molecule has 1 amide bonds. The molecule has 1 saturated carbocycles. The predicted octanol–water partition coefficient (Wildman–Crippen LogP) is 5.07. The number of nitrogens with zero attached hydrogens (tertiary/aromatic N) is 3. The normalized spacial score (nSPS) is 18.1. The zero-order valence-electron chi connectivity index (χ0n) is 20.1. The first-order valence-electron chi connectivity index (χ1n) is 11.9. The Labute approximate surface area is 215 Å². The minimum Gasteiger partial charge on any atom is -0.353 e. The molecule has 12 heteroatoms. The molecule has 0 atom stereocenters. The average Bonchev–Trinajstić information content (AvgIpc) is 2.90. The maximum Gasteiger partial charge on any atom is 0.416 e. The lowest BCUT2D eigenvalue weighted by Crippen LogP contribution is -2.48. The average molecular weight is 533 g/mol. The number of amides is 1. The van der Waals surface area contributed by atoms with Crippen molar-refractivity contribution in [3.8, 4) is 0 Å². The molecule has 3 aromatic rings. The number of rotatable bonds is 6. The number of benzene rings is 2. The molecule has 1 aliphatic carbocycles. The van der Waals surface area contributed by atoms with Gasteiger partial charge in [-0.25, -0.2) is 23.7 Å². The Bertz CT molecular complexity index is 1280. The zero-order valence-corrected chi connectivity index (χ0v) is 20.1. The minimum atomic E-state index is -4.57. The van der Waals surface area contributed by atoms with Crippen LogP contribution in [0.15, 0.2) is 65.9 Å².